The first kappa shape index (κ1) is 21.3. The van der Waals surface area contributed by atoms with E-state index in [-0.39, 0.29) is 11.8 Å². The Bertz CT molecular complexity index is 664. The number of carbonyl (C=O) groups is 1. The largest absolute Gasteiger partial charge is 0.315 e. The molecule has 2 fully saturated rings. The van der Waals surface area contributed by atoms with Crippen molar-refractivity contribution < 1.29 is 4.79 Å². The van der Waals surface area contributed by atoms with E-state index in [2.05, 4.69) is 62.5 Å². The third-order valence-electron chi connectivity index (χ3n) is 6.72. The SMILES string of the molecule is Cc1cc(N(C)C(=O)C2[CH]CC(C(C)C)CC2)ccc1CN1CCN[C@@H](C)C1. The van der Waals surface area contributed by atoms with E-state index in [0.29, 0.717) is 12.0 Å². The number of amides is 1. The van der Waals surface area contributed by atoms with Gasteiger partial charge in [-0.2, -0.15) is 0 Å². The second-order valence-corrected chi connectivity index (χ2v) is 9.26. The lowest BCUT2D eigenvalue weighted by molar-refractivity contribution is -0.121. The van der Waals surface area contributed by atoms with Crippen molar-refractivity contribution in [1.82, 2.24) is 10.2 Å². The number of hydrogen-bond donors (Lipinski definition) is 1. The first-order chi connectivity index (χ1) is 13.3. The topological polar surface area (TPSA) is 35.6 Å². The van der Waals surface area contributed by atoms with Crippen LogP contribution in [0.1, 0.15) is 51.2 Å². The Kier molecular flexibility index (Phi) is 7.16. The van der Waals surface area contributed by atoms with Gasteiger partial charge in [0.05, 0.1) is 0 Å². The van der Waals surface area contributed by atoms with Crippen LogP contribution in [0.25, 0.3) is 0 Å². The van der Waals surface area contributed by atoms with Gasteiger partial charge in [-0.1, -0.05) is 19.9 Å². The number of piperazine rings is 1. The second kappa shape index (κ2) is 9.41. The highest BCUT2D eigenvalue weighted by Crippen LogP contribution is 2.34. The summed E-state index contributed by atoms with van der Waals surface area (Å²) in [6.07, 6.45) is 5.49. The van der Waals surface area contributed by atoms with Gasteiger partial charge in [-0.05, 0) is 74.6 Å². The van der Waals surface area contributed by atoms with Crippen LogP contribution >= 0.6 is 0 Å². The molecule has 4 nitrogen and oxygen atoms in total. The summed E-state index contributed by atoms with van der Waals surface area (Å²) >= 11 is 0. The summed E-state index contributed by atoms with van der Waals surface area (Å²) in [6, 6.07) is 7.06. The molecule has 3 rings (SSSR count). The van der Waals surface area contributed by atoms with Gasteiger partial charge in [-0.15, -0.1) is 0 Å². The molecule has 1 amide bonds. The monoisotopic (exact) mass is 384 g/mol. The van der Waals surface area contributed by atoms with Crippen molar-refractivity contribution in [2.45, 2.75) is 59.5 Å². The number of anilines is 1. The molecular weight excluding hydrogens is 346 g/mol. The Morgan fingerprint density at radius 3 is 2.71 bits per heavy atom. The minimum atomic E-state index is 0.0716. The van der Waals surface area contributed by atoms with Crippen molar-refractivity contribution in [3.05, 3.63) is 35.7 Å². The molecule has 1 N–H and O–H groups in total. The van der Waals surface area contributed by atoms with Crippen molar-refractivity contribution in [3.8, 4) is 0 Å². The lowest BCUT2D eigenvalue weighted by Gasteiger charge is -2.33. The zero-order chi connectivity index (χ0) is 20.3. The highest BCUT2D eigenvalue weighted by molar-refractivity contribution is 5.95. The van der Waals surface area contributed by atoms with Crippen LogP contribution in [-0.2, 0) is 11.3 Å². The fraction of sp³-hybridized carbons (Fsp3) is 0.667. The van der Waals surface area contributed by atoms with Crippen molar-refractivity contribution in [1.29, 1.82) is 0 Å². The lowest BCUT2D eigenvalue weighted by Crippen LogP contribution is -2.48. The van der Waals surface area contributed by atoms with Gasteiger partial charge in [0.2, 0.25) is 5.91 Å². The summed E-state index contributed by atoms with van der Waals surface area (Å²) < 4.78 is 0. The third-order valence-corrected chi connectivity index (χ3v) is 6.72. The van der Waals surface area contributed by atoms with Crippen LogP contribution in [0.4, 0.5) is 5.69 Å². The summed E-state index contributed by atoms with van der Waals surface area (Å²) in [4.78, 5) is 17.4. The predicted octanol–water partition coefficient (Wildman–Crippen LogP) is 4.03. The standard InChI is InChI=1S/C24H38N3O/c1-17(2)20-6-8-21(9-7-20)24(28)26(5)23-11-10-22(18(3)14-23)16-27-13-12-25-19(4)15-27/h8,10-11,14,17,19-21,25H,6-7,9,12-13,15-16H2,1-5H3/t19-,20?,21?/m0/s1. The average molecular weight is 385 g/mol. The van der Waals surface area contributed by atoms with E-state index in [1.807, 2.05) is 11.9 Å². The highest BCUT2D eigenvalue weighted by atomic mass is 16.2. The zero-order valence-corrected chi connectivity index (χ0v) is 18.4. The highest BCUT2D eigenvalue weighted by Gasteiger charge is 2.30. The normalized spacial score (nSPS) is 26.4. The molecular formula is C24H38N3O. The van der Waals surface area contributed by atoms with Gasteiger partial charge >= 0.3 is 0 Å². The molecule has 1 aromatic rings. The molecule has 1 aromatic carbocycles. The summed E-state index contributed by atoms with van der Waals surface area (Å²) in [6.45, 7) is 13.2. The molecule has 0 spiro atoms. The van der Waals surface area contributed by atoms with E-state index in [9.17, 15) is 4.79 Å². The van der Waals surface area contributed by atoms with Gasteiger partial charge in [-0.3, -0.25) is 9.69 Å². The summed E-state index contributed by atoms with van der Waals surface area (Å²) in [7, 11) is 1.93. The van der Waals surface area contributed by atoms with Gasteiger partial charge in [0.25, 0.3) is 0 Å². The van der Waals surface area contributed by atoms with Crippen LogP contribution in [0.5, 0.6) is 0 Å². The van der Waals surface area contributed by atoms with Crippen LogP contribution < -0.4 is 10.2 Å². The fourth-order valence-electron chi connectivity index (χ4n) is 4.64. The number of nitrogens with zero attached hydrogens (tertiary/aromatic N) is 2. The van der Waals surface area contributed by atoms with Crippen LogP contribution in [0.2, 0.25) is 0 Å². The second-order valence-electron chi connectivity index (χ2n) is 9.26. The van der Waals surface area contributed by atoms with Crippen molar-refractivity contribution in [2.75, 3.05) is 31.6 Å². The number of aryl methyl sites for hydroxylation is 1. The van der Waals surface area contributed by atoms with Crippen molar-refractivity contribution in [3.63, 3.8) is 0 Å². The lowest BCUT2D eigenvalue weighted by atomic mass is 9.76. The number of rotatable bonds is 5. The van der Waals surface area contributed by atoms with E-state index in [1.165, 1.54) is 17.5 Å². The predicted molar refractivity (Wildman–Crippen MR) is 117 cm³/mol. The van der Waals surface area contributed by atoms with Crippen LogP contribution in [-0.4, -0.2) is 43.5 Å². The van der Waals surface area contributed by atoms with E-state index < -0.39 is 0 Å². The van der Waals surface area contributed by atoms with Gasteiger partial charge < -0.3 is 10.2 Å². The Morgan fingerprint density at radius 1 is 1.32 bits per heavy atom. The average Bonchev–Trinajstić information content (AvgIpc) is 2.68. The molecule has 1 heterocycles. The summed E-state index contributed by atoms with van der Waals surface area (Å²) in [5.41, 5.74) is 3.65. The smallest absolute Gasteiger partial charge is 0.230 e. The molecule has 1 aliphatic carbocycles. The van der Waals surface area contributed by atoms with Crippen LogP contribution in [0.3, 0.4) is 0 Å². The van der Waals surface area contributed by atoms with Gasteiger partial charge in [-0.25, -0.2) is 0 Å². The zero-order valence-electron chi connectivity index (χ0n) is 18.4. The molecule has 4 heteroatoms. The maximum atomic E-state index is 13.0. The molecule has 0 bridgehead atoms. The Labute approximate surface area is 171 Å². The molecule has 1 aliphatic heterocycles. The van der Waals surface area contributed by atoms with Crippen LogP contribution in [0, 0.1) is 31.1 Å². The van der Waals surface area contributed by atoms with Gasteiger partial charge in [0.15, 0.2) is 0 Å². The van der Waals surface area contributed by atoms with Crippen molar-refractivity contribution in [2.24, 2.45) is 17.8 Å². The van der Waals surface area contributed by atoms with Crippen LogP contribution in [0.15, 0.2) is 18.2 Å². The molecule has 0 aromatic heterocycles. The van der Waals surface area contributed by atoms with E-state index >= 15 is 0 Å². The maximum absolute atomic E-state index is 13.0. The maximum Gasteiger partial charge on any atom is 0.230 e. The number of nitrogens with one attached hydrogen (secondary N) is 1. The summed E-state index contributed by atoms with van der Waals surface area (Å²) in [5, 5.41) is 3.50. The number of benzene rings is 1. The minimum Gasteiger partial charge on any atom is -0.315 e. The molecule has 2 aliphatic rings. The molecule has 28 heavy (non-hydrogen) atoms. The molecule has 1 saturated heterocycles. The third kappa shape index (κ3) is 5.15. The summed E-state index contributed by atoms with van der Waals surface area (Å²) in [5.74, 6) is 1.76. The van der Waals surface area contributed by atoms with Gasteiger partial charge in [0.1, 0.15) is 0 Å². The molecule has 1 radical (unpaired) electrons. The Hall–Kier alpha value is -1.39. The van der Waals surface area contributed by atoms with E-state index in [4.69, 9.17) is 0 Å². The molecule has 1 saturated carbocycles. The quantitative estimate of drug-likeness (QED) is 0.833. The molecule has 3 atom stereocenters. The van der Waals surface area contributed by atoms with E-state index in [0.717, 1.165) is 50.6 Å². The Morgan fingerprint density at radius 2 is 2.11 bits per heavy atom. The fourth-order valence-corrected chi connectivity index (χ4v) is 4.64. The van der Waals surface area contributed by atoms with Gasteiger partial charge in [0, 0.05) is 50.9 Å². The molecule has 2 unspecified atom stereocenters. The first-order valence-electron chi connectivity index (χ1n) is 11.0. The minimum absolute atomic E-state index is 0.0716. The van der Waals surface area contributed by atoms with Crippen molar-refractivity contribution >= 4 is 11.6 Å². The number of hydrogen-bond acceptors (Lipinski definition) is 3. The number of carbonyl (C=O) groups excluding carboxylic acids is 1. The molecule has 155 valence electrons. The van der Waals surface area contributed by atoms with E-state index in [1.54, 1.807) is 0 Å². The Balaban J connectivity index is 1.60. The first-order valence-corrected chi connectivity index (χ1v) is 11.0.